The minimum Gasteiger partial charge on any atom is -0.494 e. The Balaban J connectivity index is 0.000000244. The second-order valence-electron chi connectivity index (χ2n) is 7.25. The van der Waals surface area contributed by atoms with E-state index in [0.717, 1.165) is 62.5 Å². The van der Waals surface area contributed by atoms with Gasteiger partial charge in [-0.1, -0.05) is 40.2 Å². The van der Waals surface area contributed by atoms with Crippen LogP contribution in [0.1, 0.15) is 19.3 Å². The molecule has 32 heavy (non-hydrogen) atoms. The summed E-state index contributed by atoms with van der Waals surface area (Å²) in [5, 5.41) is 4.36. The molecule has 1 aliphatic rings. The third-order valence-electron chi connectivity index (χ3n) is 4.80. The van der Waals surface area contributed by atoms with Gasteiger partial charge in [-0.2, -0.15) is 0 Å². The Labute approximate surface area is 200 Å². The molecule has 1 saturated heterocycles. The third kappa shape index (κ3) is 10.6. The van der Waals surface area contributed by atoms with Gasteiger partial charge in [0.25, 0.3) is 0 Å². The number of alkyl halides is 1. The number of halogens is 1. The summed E-state index contributed by atoms with van der Waals surface area (Å²) in [6.45, 7) is 20.8. The molecule has 0 spiro atoms. The molecule has 1 N–H and O–H groups in total. The standard InChI is InChI=1S/C15H21N3O.C10H10BrNO/c1-16-14-4-6-15(7-5-14)19-13-3-11-18-10-2-8-17-9-12-18;1-12-9-3-5-10(6-4-9)13-8-2-7-11/h4-7,17H,2-3,8-13H2;3-6H,2,7-8H2. The van der Waals surface area contributed by atoms with Crippen LogP contribution in [0.4, 0.5) is 11.4 Å². The fraction of sp³-hybridized carbons (Fsp3) is 0.440. The molecule has 0 atom stereocenters. The molecule has 0 saturated carbocycles. The molecule has 2 aromatic rings. The average molecular weight is 499 g/mol. The second-order valence-corrected chi connectivity index (χ2v) is 8.04. The van der Waals surface area contributed by atoms with E-state index < -0.39 is 0 Å². The van der Waals surface area contributed by atoms with Crippen molar-refractivity contribution >= 4 is 27.3 Å². The molecule has 0 amide bonds. The van der Waals surface area contributed by atoms with Crippen molar-refractivity contribution in [2.24, 2.45) is 0 Å². The maximum absolute atomic E-state index is 6.89. The first-order chi connectivity index (χ1) is 15.7. The fourth-order valence-corrected chi connectivity index (χ4v) is 3.31. The van der Waals surface area contributed by atoms with Crippen LogP contribution in [-0.4, -0.2) is 56.2 Å². The number of nitrogens with one attached hydrogen (secondary N) is 1. The molecule has 0 aliphatic carbocycles. The molecule has 0 bridgehead atoms. The van der Waals surface area contributed by atoms with Gasteiger partial charge >= 0.3 is 0 Å². The summed E-state index contributed by atoms with van der Waals surface area (Å²) in [6, 6.07) is 14.5. The van der Waals surface area contributed by atoms with Crippen molar-refractivity contribution < 1.29 is 9.47 Å². The van der Waals surface area contributed by atoms with Gasteiger partial charge in [0.1, 0.15) is 11.5 Å². The summed E-state index contributed by atoms with van der Waals surface area (Å²) in [5.74, 6) is 1.68. The van der Waals surface area contributed by atoms with E-state index in [2.05, 4.69) is 35.8 Å². The molecule has 0 aromatic heterocycles. The first-order valence-corrected chi connectivity index (χ1v) is 12.1. The van der Waals surface area contributed by atoms with Gasteiger partial charge in [-0.3, -0.25) is 0 Å². The van der Waals surface area contributed by atoms with Gasteiger partial charge < -0.3 is 19.7 Å². The molecule has 0 unspecified atom stereocenters. The molecule has 1 fully saturated rings. The zero-order valence-corrected chi connectivity index (χ0v) is 20.0. The van der Waals surface area contributed by atoms with Crippen molar-refractivity contribution in [2.45, 2.75) is 19.3 Å². The van der Waals surface area contributed by atoms with Crippen LogP contribution in [0.15, 0.2) is 48.5 Å². The molecule has 170 valence electrons. The van der Waals surface area contributed by atoms with Gasteiger partial charge in [-0.05, 0) is 56.6 Å². The van der Waals surface area contributed by atoms with Crippen molar-refractivity contribution in [1.29, 1.82) is 0 Å². The molecule has 2 aromatic carbocycles. The monoisotopic (exact) mass is 498 g/mol. The minimum atomic E-state index is 0.646. The minimum absolute atomic E-state index is 0.646. The highest BCUT2D eigenvalue weighted by Crippen LogP contribution is 2.18. The van der Waals surface area contributed by atoms with Gasteiger partial charge in [0, 0.05) is 25.0 Å². The molecule has 6 nitrogen and oxygen atoms in total. The Hall–Kier alpha value is -2.58. The van der Waals surface area contributed by atoms with Crippen molar-refractivity contribution in [1.82, 2.24) is 10.2 Å². The maximum atomic E-state index is 6.89. The van der Waals surface area contributed by atoms with Gasteiger partial charge in [0.2, 0.25) is 0 Å². The van der Waals surface area contributed by atoms with Gasteiger partial charge in [-0.25, -0.2) is 9.69 Å². The quantitative estimate of drug-likeness (QED) is 0.273. The molecule has 3 rings (SSSR count). The SMILES string of the molecule is [C-]#[N+]c1ccc(OCCCBr)cc1.[C-]#[N+]c1ccc(OCCCN2CCCNCC2)cc1. The largest absolute Gasteiger partial charge is 0.494 e. The third-order valence-corrected chi connectivity index (χ3v) is 5.36. The predicted octanol–water partition coefficient (Wildman–Crippen LogP) is 5.70. The Bertz CT molecular complexity index is 836. The van der Waals surface area contributed by atoms with Crippen molar-refractivity contribution in [3.63, 3.8) is 0 Å². The molecule has 1 aliphatic heterocycles. The van der Waals surface area contributed by atoms with Gasteiger partial charge in [-0.15, -0.1) is 0 Å². The summed E-state index contributed by atoms with van der Waals surface area (Å²) < 4.78 is 11.1. The van der Waals surface area contributed by atoms with Crippen LogP contribution in [0.2, 0.25) is 0 Å². The van der Waals surface area contributed by atoms with Gasteiger partial charge in [0.15, 0.2) is 11.4 Å². The number of rotatable bonds is 9. The van der Waals surface area contributed by atoms with E-state index in [4.69, 9.17) is 22.6 Å². The Kier molecular flexibility index (Phi) is 12.9. The first kappa shape index (κ1) is 25.7. The topological polar surface area (TPSA) is 42.5 Å². The summed E-state index contributed by atoms with van der Waals surface area (Å²) in [7, 11) is 0. The van der Waals surface area contributed by atoms with E-state index in [1.165, 1.54) is 13.0 Å². The van der Waals surface area contributed by atoms with E-state index >= 15 is 0 Å². The van der Waals surface area contributed by atoms with E-state index in [1.54, 1.807) is 24.3 Å². The molecule has 0 radical (unpaired) electrons. The first-order valence-electron chi connectivity index (χ1n) is 10.9. The van der Waals surface area contributed by atoms with Crippen LogP contribution in [0.3, 0.4) is 0 Å². The van der Waals surface area contributed by atoms with Crippen LogP contribution in [0, 0.1) is 13.1 Å². The van der Waals surface area contributed by atoms with Crippen LogP contribution < -0.4 is 14.8 Å². The highest BCUT2D eigenvalue weighted by molar-refractivity contribution is 9.09. The average Bonchev–Trinajstić information content (AvgIpc) is 3.12. The molecular formula is C25H31BrN4O2. The zero-order chi connectivity index (χ0) is 22.9. The van der Waals surface area contributed by atoms with Crippen molar-refractivity contribution in [2.75, 3.05) is 51.3 Å². The fourth-order valence-electron chi connectivity index (χ4n) is 3.08. The number of nitrogens with zero attached hydrogens (tertiary/aromatic N) is 3. The number of hydrogen-bond donors (Lipinski definition) is 1. The van der Waals surface area contributed by atoms with Crippen LogP contribution in [0.25, 0.3) is 9.69 Å². The summed E-state index contributed by atoms with van der Waals surface area (Å²) in [5.41, 5.74) is 1.30. The Morgan fingerprint density at radius 1 is 0.812 bits per heavy atom. The Morgan fingerprint density at radius 3 is 1.91 bits per heavy atom. The number of benzene rings is 2. The molecular weight excluding hydrogens is 468 g/mol. The zero-order valence-electron chi connectivity index (χ0n) is 18.4. The lowest BCUT2D eigenvalue weighted by Crippen LogP contribution is -2.29. The van der Waals surface area contributed by atoms with Crippen LogP contribution >= 0.6 is 15.9 Å². The van der Waals surface area contributed by atoms with E-state index in [0.29, 0.717) is 18.0 Å². The van der Waals surface area contributed by atoms with E-state index in [9.17, 15) is 0 Å². The van der Waals surface area contributed by atoms with Crippen molar-refractivity contribution in [3.8, 4) is 11.5 Å². The number of ether oxygens (including phenoxy) is 2. The lowest BCUT2D eigenvalue weighted by molar-refractivity contribution is 0.244. The summed E-state index contributed by atoms with van der Waals surface area (Å²) in [6.07, 6.45) is 3.27. The Morgan fingerprint density at radius 2 is 1.38 bits per heavy atom. The molecule has 7 heteroatoms. The normalized spacial score (nSPS) is 13.6. The van der Waals surface area contributed by atoms with Crippen molar-refractivity contribution in [3.05, 3.63) is 71.4 Å². The number of hydrogen-bond acceptors (Lipinski definition) is 4. The highest BCUT2D eigenvalue weighted by atomic mass is 79.9. The second kappa shape index (κ2) is 16.1. The maximum Gasteiger partial charge on any atom is 0.187 e. The summed E-state index contributed by atoms with van der Waals surface area (Å²) >= 11 is 3.33. The van der Waals surface area contributed by atoms with Crippen LogP contribution in [-0.2, 0) is 0 Å². The smallest absolute Gasteiger partial charge is 0.187 e. The van der Waals surface area contributed by atoms with E-state index in [1.807, 2.05) is 24.3 Å². The highest BCUT2D eigenvalue weighted by Gasteiger charge is 2.07. The lowest BCUT2D eigenvalue weighted by Gasteiger charge is -2.19. The van der Waals surface area contributed by atoms with Gasteiger partial charge in [0.05, 0.1) is 26.4 Å². The predicted molar refractivity (Wildman–Crippen MR) is 133 cm³/mol. The summed E-state index contributed by atoms with van der Waals surface area (Å²) in [4.78, 5) is 9.15. The van der Waals surface area contributed by atoms with E-state index in [-0.39, 0.29) is 0 Å². The van der Waals surface area contributed by atoms with Crippen LogP contribution in [0.5, 0.6) is 11.5 Å². The lowest BCUT2D eigenvalue weighted by atomic mass is 10.3. The molecule has 1 heterocycles.